The van der Waals surface area contributed by atoms with E-state index in [0.717, 1.165) is 50.5 Å². The highest BCUT2D eigenvalue weighted by molar-refractivity contribution is 5.75. The van der Waals surface area contributed by atoms with Gasteiger partial charge in [0, 0.05) is 0 Å². The molecule has 186 valence electrons. The molecule has 33 heavy (non-hydrogen) atoms. The molecule has 0 N–H and O–H groups in total. The summed E-state index contributed by atoms with van der Waals surface area (Å²) >= 11 is 0. The summed E-state index contributed by atoms with van der Waals surface area (Å²) < 4.78 is 5.09. The maximum absolute atomic E-state index is 12.4. The van der Waals surface area contributed by atoms with Crippen molar-refractivity contribution in [3.8, 4) is 0 Å². The Morgan fingerprint density at radius 3 is 1.58 bits per heavy atom. The van der Waals surface area contributed by atoms with E-state index in [1.807, 2.05) is 0 Å². The van der Waals surface area contributed by atoms with Gasteiger partial charge in [-0.25, -0.2) is 0 Å². The lowest BCUT2D eigenvalue weighted by atomic mass is 9.94. The van der Waals surface area contributed by atoms with Gasteiger partial charge in [0.2, 0.25) is 0 Å². The second-order valence-corrected chi connectivity index (χ2v) is 9.83. The average molecular weight is 455 g/mol. The van der Waals surface area contributed by atoms with Gasteiger partial charge in [-0.2, -0.15) is 0 Å². The smallest absolute Gasteiger partial charge is 0.313 e. The van der Waals surface area contributed by atoms with Crippen molar-refractivity contribution in [3.05, 3.63) is 69.9 Å². The highest BCUT2D eigenvalue weighted by atomic mass is 16.5. The third-order valence-corrected chi connectivity index (χ3v) is 5.86. The number of hydrogen-bond donors (Lipinski definition) is 0. The summed E-state index contributed by atoms with van der Waals surface area (Å²) in [5.74, 6) is -0.349. The van der Waals surface area contributed by atoms with Crippen LogP contribution in [-0.2, 0) is 9.53 Å². The van der Waals surface area contributed by atoms with Crippen molar-refractivity contribution in [2.24, 2.45) is 5.92 Å². The molecule has 2 nitrogen and oxygen atoms in total. The molecule has 1 unspecified atom stereocenters. The lowest BCUT2D eigenvalue weighted by molar-refractivity contribution is -0.143. The molecule has 0 radical (unpaired) electrons. The molecule has 0 aliphatic carbocycles. The summed E-state index contributed by atoms with van der Waals surface area (Å²) in [6.45, 7) is 17.2. The fourth-order valence-electron chi connectivity index (χ4n) is 3.55. The molecule has 0 aromatic carbocycles. The minimum atomic E-state index is -0.203. The van der Waals surface area contributed by atoms with Crippen LogP contribution in [0.4, 0.5) is 0 Å². The number of carbonyl (C=O) groups is 1. The normalized spacial score (nSPS) is 14.1. The van der Waals surface area contributed by atoms with E-state index in [9.17, 15) is 4.79 Å². The Hall–Kier alpha value is -2.09. The van der Waals surface area contributed by atoms with Gasteiger partial charge >= 0.3 is 5.97 Å². The van der Waals surface area contributed by atoms with Crippen LogP contribution in [0.1, 0.15) is 107 Å². The van der Waals surface area contributed by atoms with Crippen LogP contribution in [0.15, 0.2) is 69.9 Å². The van der Waals surface area contributed by atoms with Crippen molar-refractivity contribution in [1.82, 2.24) is 0 Å². The van der Waals surface area contributed by atoms with Gasteiger partial charge in [-0.1, -0.05) is 69.9 Å². The summed E-state index contributed by atoms with van der Waals surface area (Å²) in [6.07, 6.45) is 21.7. The van der Waals surface area contributed by atoms with Crippen LogP contribution in [0.3, 0.4) is 0 Å². The first-order valence-corrected chi connectivity index (χ1v) is 12.5. The van der Waals surface area contributed by atoms with Crippen LogP contribution in [0.2, 0.25) is 0 Å². The first kappa shape index (κ1) is 30.9. The first-order chi connectivity index (χ1) is 15.6. The van der Waals surface area contributed by atoms with E-state index in [1.165, 1.54) is 35.0 Å². The van der Waals surface area contributed by atoms with Crippen LogP contribution >= 0.6 is 0 Å². The van der Waals surface area contributed by atoms with Gasteiger partial charge in [-0.15, -0.1) is 0 Å². The Morgan fingerprint density at radius 1 is 0.636 bits per heavy atom. The van der Waals surface area contributed by atoms with Crippen molar-refractivity contribution in [3.63, 3.8) is 0 Å². The van der Waals surface area contributed by atoms with Crippen molar-refractivity contribution >= 4 is 5.97 Å². The van der Waals surface area contributed by atoms with E-state index < -0.39 is 0 Å². The number of methoxy groups -OCH3 is 1. The van der Waals surface area contributed by atoms with Crippen LogP contribution in [-0.4, -0.2) is 13.1 Å². The number of carbonyl (C=O) groups excluding carboxylic acids is 1. The lowest BCUT2D eigenvalue weighted by Gasteiger charge is -2.14. The van der Waals surface area contributed by atoms with E-state index >= 15 is 0 Å². The number of hydrogen-bond acceptors (Lipinski definition) is 2. The Bertz CT molecular complexity index is 761. The molecule has 0 fully saturated rings. The summed E-state index contributed by atoms with van der Waals surface area (Å²) in [5, 5.41) is 0. The summed E-state index contributed by atoms with van der Waals surface area (Å²) in [6, 6.07) is 0. The van der Waals surface area contributed by atoms with E-state index in [2.05, 4.69) is 91.8 Å². The second-order valence-electron chi connectivity index (χ2n) is 9.83. The quantitative estimate of drug-likeness (QED) is 0.182. The SMILES string of the molecule is COC(=O)C(C/C=C(\C)CC/C=C(/C)CCC=C(C)C)/C(C)=C\C/C=C(\C)CCC=C(C)C. The van der Waals surface area contributed by atoms with Gasteiger partial charge in [-0.3, -0.25) is 4.79 Å². The monoisotopic (exact) mass is 454 g/mol. The van der Waals surface area contributed by atoms with Gasteiger partial charge in [-0.05, 0) is 107 Å². The Kier molecular flexibility index (Phi) is 17.2. The third-order valence-electron chi connectivity index (χ3n) is 5.86. The van der Waals surface area contributed by atoms with E-state index in [0.29, 0.717) is 6.42 Å². The Balaban J connectivity index is 4.83. The maximum Gasteiger partial charge on any atom is 0.313 e. The average Bonchev–Trinajstić information content (AvgIpc) is 2.73. The number of allylic oxidation sites excluding steroid dienone is 11. The molecule has 2 heteroatoms. The van der Waals surface area contributed by atoms with Crippen molar-refractivity contribution in [2.45, 2.75) is 107 Å². The van der Waals surface area contributed by atoms with Crippen LogP contribution in [0.25, 0.3) is 0 Å². The lowest BCUT2D eigenvalue weighted by Crippen LogP contribution is -2.17. The fourth-order valence-corrected chi connectivity index (χ4v) is 3.55. The molecule has 1 atom stereocenters. The van der Waals surface area contributed by atoms with Crippen molar-refractivity contribution in [1.29, 1.82) is 0 Å². The highest BCUT2D eigenvalue weighted by Crippen LogP contribution is 2.21. The van der Waals surface area contributed by atoms with Crippen LogP contribution in [0, 0.1) is 5.92 Å². The minimum absolute atomic E-state index is 0.146. The molecule has 0 aliphatic rings. The molecule has 0 aromatic rings. The zero-order chi connectivity index (χ0) is 25.2. The summed E-state index contributed by atoms with van der Waals surface area (Å²) in [5.41, 5.74) is 8.03. The molecule has 0 aromatic heterocycles. The molecular weight excluding hydrogens is 404 g/mol. The Labute approximate surface area is 205 Å². The van der Waals surface area contributed by atoms with Gasteiger partial charge < -0.3 is 4.74 Å². The minimum Gasteiger partial charge on any atom is -0.469 e. The molecule has 0 heterocycles. The van der Waals surface area contributed by atoms with Gasteiger partial charge in [0.15, 0.2) is 0 Å². The first-order valence-electron chi connectivity index (χ1n) is 12.5. The van der Waals surface area contributed by atoms with Crippen LogP contribution in [0.5, 0.6) is 0 Å². The fraction of sp³-hybridized carbons (Fsp3) is 0.581. The molecule has 0 spiro atoms. The summed E-state index contributed by atoms with van der Waals surface area (Å²) in [7, 11) is 1.48. The topological polar surface area (TPSA) is 26.3 Å². The predicted molar refractivity (Wildman–Crippen MR) is 146 cm³/mol. The second kappa shape index (κ2) is 18.3. The van der Waals surface area contributed by atoms with E-state index in [1.54, 1.807) is 0 Å². The third kappa shape index (κ3) is 17.1. The van der Waals surface area contributed by atoms with Crippen LogP contribution < -0.4 is 0 Å². The molecule has 0 saturated carbocycles. The van der Waals surface area contributed by atoms with Crippen molar-refractivity contribution in [2.75, 3.05) is 7.11 Å². The molecule has 0 amide bonds. The Morgan fingerprint density at radius 2 is 1.09 bits per heavy atom. The zero-order valence-electron chi connectivity index (χ0n) is 23.0. The van der Waals surface area contributed by atoms with Gasteiger partial charge in [0.1, 0.15) is 0 Å². The highest BCUT2D eigenvalue weighted by Gasteiger charge is 2.19. The number of rotatable bonds is 15. The largest absolute Gasteiger partial charge is 0.469 e. The van der Waals surface area contributed by atoms with Gasteiger partial charge in [0.05, 0.1) is 13.0 Å². The van der Waals surface area contributed by atoms with E-state index in [-0.39, 0.29) is 11.9 Å². The molecular formula is C31H50O2. The predicted octanol–water partition coefficient (Wildman–Crippen LogP) is 9.61. The molecule has 0 bridgehead atoms. The van der Waals surface area contributed by atoms with E-state index in [4.69, 9.17) is 4.74 Å². The molecule has 0 rings (SSSR count). The number of esters is 1. The van der Waals surface area contributed by atoms with Gasteiger partial charge in [0.25, 0.3) is 0 Å². The zero-order valence-corrected chi connectivity index (χ0v) is 23.0. The number of ether oxygens (including phenoxy) is 1. The van der Waals surface area contributed by atoms with Crippen molar-refractivity contribution < 1.29 is 9.53 Å². The molecule has 0 aliphatic heterocycles. The standard InChI is InChI=1S/C31H50O2/c1-24(2)14-10-16-26(5)18-12-19-28(7)22-23-30(31(32)33-9)29(8)21-13-20-27(6)17-11-15-25(3)4/h14-15,18,20-22,30H,10-13,16-17,19,23H2,1-9H3/b26-18-,27-20+,28-22+,29-21-. The summed E-state index contributed by atoms with van der Waals surface area (Å²) in [4.78, 5) is 12.4. The maximum atomic E-state index is 12.4. The molecule has 0 saturated heterocycles.